The van der Waals surface area contributed by atoms with Gasteiger partial charge in [-0.2, -0.15) is 0 Å². The van der Waals surface area contributed by atoms with Gasteiger partial charge in [-0.15, -0.1) is 11.8 Å². The fourth-order valence-electron chi connectivity index (χ4n) is 1.02. The first kappa shape index (κ1) is 12.9. The van der Waals surface area contributed by atoms with Gasteiger partial charge < -0.3 is 10.5 Å². The average Bonchev–Trinajstić information content (AvgIpc) is 2.30. The van der Waals surface area contributed by atoms with Crippen molar-refractivity contribution in [2.75, 3.05) is 12.4 Å². The molecule has 1 aromatic heterocycles. The molecule has 6 heteroatoms. The number of aromatic nitrogens is 2. The van der Waals surface area contributed by atoms with Crippen molar-refractivity contribution in [1.29, 1.82) is 0 Å². The molecular formula is C10H15N3O2S. The van der Waals surface area contributed by atoms with Gasteiger partial charge in [-0.1, -0.05) is 0 Å². The monoisotopic (exact) mass is 241 g/mol. The van der Waals surface area contributed by atoms with Crippen LogP contribution in [0.15, 0.2) is 23.6 Å². The first-order chi connectivity index (χ1) is 7.74. The Balaban J connectivity index is 2.23. The lowest BCUT2D eigenvalue weighted by atomic mass is 10.2. The number of carbonyl (C=O) groups is 1. The number of thioether (sulfide) groups is 1. The van der Waals surface area contributed by atoms with E-state index in [0.717, 1.165) is 10.8 Å². The lowest BCUT2D eigenvalue weighted by Gasteiger charge is -2.09. The topological polar surface area (TPSA) is 78.1 Å². The Morgan fingerprint density at radius 1 is 1.62 bits per heavy atom. The molecule has 0 bridgehead atoms. The third kappa shape index (κ3) is 4.59. The van der Waals surface area contributed by atoms with Crippen molar-refractivity contribution in [1.82, 2.24) is 9.97 Å². The largest absolute Gasteiger partial charge is 0.465 e. The van der Waals surface area contributed by atoms with Crippen molar-refractivity contribution in [2.45, 2.75) is 24.4 Å². The van der Waals surface area contributed by atoms with Gasteiger partial charge in [-0.05, 0) is 13.3 Å². The Kier molecular flexibility index (Phi) is 5.81. The molecule has 0 aromatic carbocycles. The van der Waals surface area contributed by atoms with E-state index in [1.165, 1.54) is 11.8 Å². The summed E-state index contributed by atoms with van der Waals surface area (Å²) in [7, 11) is 0. The third-order valence-corrected chi connectivity index (χ3v) is 2.75. The van der Waals surface area contributed by atoms with Crippen LogP contribution in [0.25, 0.3) is 0 Å². The number of hydrogen-bond acceptors (Lipinski definition) is 6. The molecule has 1 rings (SSSR count). The number of hydrogen-bond donors (Lipinski definition) is 1. The highest BCUT2D eigenvalue weighted by Gasteiger charge is 2.13. The Labute approximate surface area is 98.8 Å². The van der Waals surface area contributed by atoms with E-state index in [0.29, 0.717) is 13.0 Å². The summed E-state index contributed by atoms with van der Waals surface area (Å²) >= 11 is 1.52. The maximum atomic E-state index is 11.2. The van der Waals surface area contributed by atoms with Gasteiger partial charge in [-0.25, -0.2) is 4.98 Å². The second-order valence-electron chi connectivity index (χ2n) is 3.04. The van der Waals surface area contributed by atoms with Crippen LogP contribution in [0.5, 0.6) is 0 Å². The normalized spacial score (nSPS) is 12.1. The molecule has 16 heavy (non-hydrogen) atoms. The molecule has 1 unspecified atom stereocenters. The molecule has 1 heterocycles. The minimum absolute atomic E-state index is 0.345. The zero-order valence-corrected chi connectivity index (χ0v) is 9.94. The van der Waals surface area contributed by atoms with E-state index in [4.69, 9.17) is 10.5 Å². The number of ether oxygens (including phenoxy) is 1. The zero-order chi connectivity index (χ0) is 11.8. The smallest absolute Gasteiger partial charge is 0.322 e. The summed E-state index contributed by atoms with van der Waals surface area (Å²) in [4.78, 5) is 19.2. The number of nitrogens with zero attached hydrogens (tertiary/aromatic N) is 2. The SMILES string of the molecule is CCOC(=O)C(N)CCSc1cnccn1. The van der Waals surface area contributed by atoms with Crippen molar-refractivity contribution in [2.24, 2.45) is 5.73 Å². The Morgan fingerprint density at radius 3 is 3.06 bits per heavy atom. The Hall–Kier alpha value is -1.14. The molecular weight excluding hydrogens is 226 g/mol. The summed E-state index contributed by atoms with van der Waals surface area (Å²) in [6, 6.07) is -0.552. The zero-order valence-electron chi connectivity index (χ0n) is 9.13. The highest BCUT2D eigenvalue weighted by atomic mass is 32.2. The Morgan fingerprint density at radius 2 is 2.44 bits per heavy atom. The molecule has 0 saturated heterocycles. The molecule has 0 aliphatic rings. The number of carbonyl (C=O) groups excluding carboxylic acids is 1. The average molecular weight is 241 g/mol. The van der Waals surface area contributed by atoms with Crippen molar-refractivity contribution >= 4 is 17.7 Å². The van der Waals surface area contributed by atoms with E-state index in [1.54, 1.807) is 25.5 Å². The summed E-state index contributed by atoms with van der Waals surface area (Å²) in [6.45, 7) is 2.13. The molecule has 1 atom stereocenters. The highest BCUT2D eigenvalue weighted by molar-refractivity contribution is 7.99. The van der Waals surface area contributed by atoms with E-state index >= 15 is 0 Å². The minimum Gasteiger partial charge on any atom is -0.465 e. The predicted octanol–water partition coefficient (Wildman–Crippen LogP) is 0.849. The number of esters is 1. The van der Waals surface area contributed by atoms with Crippen molar-refractivity contribution in [3.05, 3.63) is 18.6 Å². The molecule has 0 aliphatic carbocycles. The van der Waals surface area contributed by atoms with Crippen molar-refractivity contribution in [3.8, 4) is 0 Å². The minimum atomic E-state index is -0.552. The van der Waals surface area contributed by atoms with Gasteiger partial charge >= 0.3 is 5.97 Å². The van der Waals surface area contributed by atoms with Crippen LogP contribution < -0.4 is 5.73 Å². The quantitative estimate of drug-likeness (QED) is 0.587. The van der Waals surface area contributed by atoms with E-state index in [1.807, 2.05) is 0 Å². The van der Waals surface area contributed by atoms with Crippen LogP contribution in [0.2, 0.25) is 0 Å². The van der Waals surface area contributed by atoms with Gasteiger partial charge in [0.25, 0.3) is 0 Å². The van der Waals surface area contributed by atoms with E-state index < -0.39 is 6.04 Å². The molecule has 0 amide bonds. The fraction of sp³-hybridized carbons (Fsp3) is 0.500. The van der Waals surface area contributed by atoms with Crippen LogP contribution in [-0.4, -0.2) is 34.3 Å². The molecule has 88 valence electrons. The van der Waals surface area contributed by atoms with Crippen molar-refractivity contribution < 1.29 is 9.53 Å². The maximum Gasteiger partial charge on any atom is 0.322 e. The Bertz CT molecular complexity index is 321. The summed E-state index contributed by atoms with van der Waals surface area (Å²) in [6.07, 6.45) is 5.50. The van der Waals surface area contributed by atoms with Gasteiger partial charge in [-0.3, -0.25) is 9.78 Å². The first-order valence-corrected chi connectivity index (χ1v) is 6.03. The van der Waals surface area contributed by atoms with Crippen LogP contribution in [0.3, 0.4) is 0 Å². The van der Waals surface area contributed by atoms with Gasteiger partial charge in [0, 0.05) is 18.1 Å². The second-order valence-corrected chi connectivity index (χ2v) is 4.15. The molecule has 2 N–H and O–H groups in total. The molecule has 0 saturated carbocycles. The third-order valence-electron chi connectivity index (χ3n) is 1.81. The fourth-order valence-corrected chi connectivity index (χ4v) is 1.87. The lowest BCUT2D eigenvalue weighted by Crippen LogP contribution is -2.32. The van der Waals surface area contributed by atoms with Gasteiger partial charge in [0.05, 0.1) is 12.8 Å². The summed E-state index contributed by atoms with van der Waals surface area (Å²) in [5.74, 6) is 0.376. The molecule has 0 fully saturated rings. The van der Waals surface area contributed by atoms with Crippen LogP contribution in [-0.2, 0) is 9.53 Å². The van der Waals surface area contributed by atoms with Gasteiger partial charge in [0.1, 0.15) is 11.1 Å². The van der Waals surface area contributed by atoms with Crippen LogP contribution in [0, 0.1) is 0 Å². The number of nitrogens with two attached hydrogens (primary N) is 1. The first-order valence-electron chi connectivity index (χ1n) is 5.05. The van der Waals surface area contributed by atoms with Crippen LogP contribution in [0.4, 0.5) is 0 Å². The van der Waals surface area contributed by atoms with Crippen LogP contribution >= 0.6 is 11.8 Å². The van der Waals surface area contributed by atoms with E-state index in [9.17, 15) is 4.79 Å². The van der Waals surface area contributed by atoms with Crippen molar-refractivity contribution in [3.63, 3.8) is 0 Å². The maximum absolute atomic E-state index is 11.2. The molecule has 0 radical (unpaired) electrons. The van der Waals surface area contributed by atoms with E-state index in [-0.39, 0.29) is 5.97 Å². The molecule has 0 aliphatic heterocycles. The van der Waals surface area contributed by atoms with Gasteiger partial charge in [0.15, 0.2) is 0 Å². The van der Waals surface area contributed by atoms with Crippen LogP contribution in [0.1, 0.15) is 13.3 Å². The summed E-state index contributed by atoms with van der Waals surface area (Å²) in [5.41, 5.74) is 5.64. The summed E-state index contributed by atoms with van der Waals surface area (Å²) < 4.78 is 4.81. The lowest BCUT2D eigenvalue weighted by molar-refractivity contribution is -0.144. The molecule has 5 nitrogen and oxygen atoms in total. The molecule has 1 aromatic rings. The second kappa shape index (κ2) is 7.19. The highest BCUT2D eigenvalue weighted by Crippen LogP contribution is 2.14. The van der Waals surface area contributed by atoms with Gasteiger partial charge in [0.2, 0.25) is 0 Å². The predicted molar refractivity (Wildman–Crippen MR) is 62.0 cm³/mol. The molecule has 0 spiro atoms. The number of rotatable bonds is 6. The van der Waals surface area contributed by atoms with E-state index in [2.05, 4.69) is 9.97 Å². The standard InChI is InChI=1S/C10H15N3O2S/c1-2-15-10(14)8(11)3-6-16-9-7-12-4-5-13-9/h4-5,7-8H,2-3,6,11H2,1H3. The summed E-state index contributed by atoms with van der Waals surface area (Å²) in [5, 5.41) is 0.832.